The molecule has 0 aliphatic rings. The number of hydrogen-bond acceptors (Lipinski definition) is 3. The second-order valence-electron chi connectivity index (χ2n) is 4.96. The number of aryl methyl sites for hydroxylation is 2. The quantitative estimate of drug-likeness (QED) is 0.275. The molecule has 0 saturated carbocycles. The lowest BCUT2D eigenvalue weighted by Gasteiger charge is -2.11. The molecule has 2 rings (SSSR count). The highest BCUT2D eigenvalue weighted by Gasteiger charge is 1.97. The predicted octanol–water partition coefficient (Wildman–Crippen LogP) is 1.73. The molecule has 0 radical (unpaired) electrons. The zero-order valence-corrected chi connectivity index (χ0v) is 15.9. The summed E-state index contributed by atoms with van der Waals surface area (Å²) in [5, 5.41) is 10.8. The van der Waals surface area contributed by atoms with Gasteiger partial charge in [0.15, 0.2) is 5.96 Å². The van der Waals surface area contributed by atoms with E-state index in [1.807, 2.05) is 29.5 Å². The lowest BCUT2D eigenvalue weighted by molar-refractivity contribution is 0.569. The second kappa shape index (κ2) is 11.9. The van der Waals surface area contributed by atoms with E-state index in [-0.39, 0.29) is 24.0 Å². The van der Waals surface area contributed by atoms with Crippen LogP contribution in [0.3, 0.4) is 0 Å². The first-order chi connectivity index (χ1) is 10.9. The lowest BCUT2D eigenvalue weighted by Crippen LogP contribution is -2.38. The fourth-order valence-electron chi connectivity index (χ4n) is 2.09. The van der Waals surface area contributed by atoms with Gasteiger partial charge in [-0.25, -0.2) is 4.98 Å². The summed E-state index contributed by atoms with van der Waals surface area (Å²) in [5.41, 5.74) is 0. The highest BCUT2D eigenvalue weighted by molar-refractivity contribution is 14.0. The molecule has 0 atom stereocenters. The first-order valence-electron chi connectivity index (χ1n) is 7.84. The van der Waals surface area contributed by atoms with Crippen molar-refractivity contribution in [1.82, 2.24) is 30.0 Å². The van der Waals surface area contributed by atoms with Crippen LogP contribution in [0.5, 0.6) is 0 Å². The molecule has 0 aromatic carbocycles. The predicted molar refractivity (Wildman–Crippen MR) is 103 cm³/mol. The fourth-order valence-corrected chi connectivity index (χ4v) is 2.09. The van der Waals surface area contributed by atoms with Gasteiger partial charge in [0.2, 0.25) is 0 Å². The number of imidazole rings is 1. The van der Waals surface area contributed by atoms with E-state index >= 15 is 0 Å². The summed E-state index contributed by atoms with van der Waals surface area (Å²) in [7, 11) is 0. The maximum Gasteiger partial charge on any atom is 0.191 e. The molecule has 0 bridgehead atoms. The summed E-state index contributed by atoms with van der Waals surface area (Å²) < 4.78 is 4.01. The molecular weight excluding hydrogens is 405 g/mol. The van der Waals surface area contributed by atoms with E-state index in [2.05, 4.69) is 37.2 Å². The van der Waals surface area contributed by atoms with Gasteiger partial charge in [-0.3, -0.25) is 9.67 Å². The normalized spacial score (nSPS) is 11.1. The largest absolute Gasteiger partial charge is 0.357 e. The number of rotatable bonds is 9. The fraction of sp³-hybridized carbons (Fsp3) is 0.533. The van der Waals surface area contributed by atoms with Gasteiger partial charge >= 0.3 is 0 Å². The Morgan fingerprint density at radius 1 is 1.13 bits per heavy atom. The van der Waals surface area contributed by atoms with Crippen LogP contribution < -0.4 is 10.6 Å². The van der Waals surface area contributed by atoms with Crippen LogP contribution in [0.25, 0.3) is 0 Å². The van der Waals surface area contributed by atoms with E-state index in [9.17, 15) is 0 Å². The van der Waals surface area contributed by atoms with Gasteiger partial charge in [0, 0.05) is 57.5 Å². The van der Waals surface area contributed by atoms with Crippen molar-refractivity contribution >= 4 is 29.9 Å². The smallest absolute Gasteiger partial charge is 0.191 e. The van der Waals surface area contributed by atoms with Gasteiger partial charge in [0.25, 0.3) is 0 Å². The maximum atomic E-state index is 4.59. The van der Waals surface area contributed by atoms with E-state index in [1.165, 1.54) is 0 Å². The molecule has 0 amide bonds. The van der Waals surface area contributed by atoms with Crippen LogP contribution in [-0.2, 0) is 13.1 Å². The van der Waals surface area contributed by atoms with E-state index < -0.39 is 0 Å². The van der Waals surface area contributed by atoms with Crippen LogP contribution in [-0.4, -0.2) is 44.9 Å². The van der Waals surface area contributed by atoms with Crippen LogP contribution in [0.2, 0.25) is 0 Å². The number of hydrogen-bond donors (Lipinski definition) is 2. The molecule has 0 aliphatic carbocycles. The molecule has 0 saturated heterocycles. The third kappa shape index (κ3) is 8.00. The minimum Gasteiger partial charge on any atom is -0.357 e. The van der Waals surface area contributed by atoms with E-state index in [0.29, 0.717) is 0 Å². The van der Waals surface area contributed by atoms with Gasteiger partial charge in [-0.15, -0.1) is 24.0 Å². The topological polar surface area (TPSA) is 72.1 Å². The van der Waals surface area contributed by atoms with Crippen molar-refractivity contribution in [2.45, 2.75) is 32.9 Å². The first kappa shape index (κ1) is 19.5. The summed E-state index contributed by atoms with van der Waals surface area (Å²) in [6.07, 6.45) is 11.4. The molecule has 0 aliphatic heterocycles. The van der Waals surface area contributed by atoms with Crippen molar-refractivity contribution < 1.29 is 0 Å². The average molecular weight is 431 g/mol. The number of aromatic nitrogens is 4. The van der Waals surface area contributed by atoms with Gasteiger partial charge < -0.3 is 15.2 Å². The van der Waals surface area contributed by atoms with Gasteiger partial charge in [-0.2, -0.15) is 5.10 Å². The minimum absolute atomic E-state index is 0. The molecule has 2 aromatic rings. The zero-order valence-electron chi connectivity index (χ0n) is 13.6. The van der Waals surface area contributed by atoms with Crippen LogP contribution in [0.1, 0.15) is 19.8 Å². The standard InChI is InChI=1S/C15H25N7.HI/c1-2-17-15(18-6-3-10-21-13-9-16-14-21)19-7-4-11-22-12-5-8-20-22;/h5,8-9,12-14H,2-4,6-7,10-11H2,1H3,(H2,17,18,19);1H. The lowest BCUT2D eigenvalue weighted by atomic mass is 10.4. The number of nitrogens with one attached hydrogen (secondary N) is 2. The summed E-state index contributed by atoms with van der Waals surface area (Å²) in [6, 6.07) is 1.94. The molecule has 8 heteroatoms. The van der Waals surface area contributed by atoms with Crippen LogP contribution >= 0.6 is 24.0 Å². The molecule has 2 heterocycles. The Balaban J connectivity index is 0.00000264. The summed E-state index contributed by atoms with van der Waals surface area (Å²) in [5.74, 6) is 0.883. The summed E-state index contributed by atoms with van der Waals surface area (Å²) in [6.45, 7) is 6.49. The molecule has 2 N–H and O–H groups in total. The number of halogens is 1. The third-order valence-corrected chi connectivity index (χ3v) is 3.16. The van der Waals surface area contributed by atoms with Crippen LogP contribution in [0.15, 0.2) is 42.2 Å². The van der Waals surface area contributed by atoms with Gasteiger partial charge in [-0.1, -0.05) is 0 Å². The molecule has 0 fully saturated rings. The minimum atomic E-state index is 0. The highest BCUT2D eigenvalue weighted by Crippen LogP contribution is 1.92. The van der Waals surface area contributed by atoms with E-state index in [4.69, 9.17) is 0 Å². The maximum absolute atomic E-state index is 4.59. The van der Waals surface area contributed by atoms with Crippen molar-refractivity contribution in [1.29, 1.82) is 0 Å². The molecule has 128 valence electrons. The number of aliphatic imine (C=N–C) groups is 1. The SMILES string of the molecule is CCNC(=NCCCn1ccnc1)NCCCn1cccn1.I. The molecule has 23 heavy (non-hydrogen) atoms. The van der Waals surface area contributed by atoms with Crippen molar-refractivity contribution in [2.75, 3.05) is 19.6 Å². The average Bonchev–Trinajstić information content (AvgIpc) is 3.21. The van der Waals surface area contributed by atoms with Gasteiger partial charge in [0.1, 0.15) is 0 Å². The Hall–Kier alpha value is -1.58. The van der Waals surface area contributed by atoms with E-state index in [1.54, 1.807) is 12.4 Å². The Labute approximate surface area is 154 Å². The Morgan fingerprint density at radius 3 is 2.74 bits per heavy atom. The highest BCUT2D eigenvalue weighted by atomic mass is 127. The Kier molecular flexibility index (Phi) is 10.1. The zero-order chi connectivity index (χ0) is 15.5. The second-order valence-corrected chi connectivity index (χ2v) is 4.96. The van der Waals surface area contributed by atoms with Crippen LogP contribution in [0, 0.1) is 0 Å². The van der Waals surface area contributed by atoms with Crippen molar-refractivity contribution in [3.63, 3.8) is 0 Å². The molecular formula is C15H26IN7. The summed E-state index contributed by atoms with van der Waals surface area (Å²) >= 11 is 0. The van der Waals surface area contributed by atoms with Crippen molar-refractivity contribution in [3.05, 3.63) is 37.2 Å². The van der Waals surface area contributed by atoms with Crippen molar-refractivity contribution in [2.24, 2.45) is 4.99 Å². The van der Waals surface area contributed by atoms with Crippen LogP contribution in [0.4, 0.5) is 0 Å². The van der Waals surface area contributed by atoms with E-state index in [0.717, 1.165) is 51.5 Å². The molecule has 0 spiro atoms. The first-order valence-corrected chi connectivity index (χ1v) is 7.84. The monoisotopic (exact) mass is 431 g/mol. The Morgan fingerprint density at radius 2 is 2.04 bits per heavy atom. The molecule has 2 aromatic heterocycles. The summed E-state index contributed by atoms with van der Waals surface area (Å²) in [4.78, 5) is 8.62. The number of nitrogens with zero attached hydrogens (tertiary/aromatic N) is 5. The molecule has 7 nitrogen and oxygen atoms in total. The molecule has 0 unspecified atom stereocenters. The van der Waals surface area contributed by atoms with Gasteiger partial charge in [-0.05, 0) is 25.8 Å². The Bertz CT molecular complexity index is 522. The van der Waals surface area contributed by atoms with Gasteiger partial charge in [0.05, 0.1) is 6.33 Å². The number of guanidine groups is 1. The van der Waals surface area contributed by atoms with Crippen molar-refractivity contribution in [3.8, 4) is 0 Å². The third-order valence-electron chi connectivity index (χ3n) is 3.16.